The number of alkyl halides is 3. The second kappa shape index (κ2) is 6.49. The van der Waals surface area contributed by atoms with Gasteiger partial charge in [0, 0.05) is 16.7 Å². The van der Waals surface area contributed by atoms with E-state index >= 15 is 0 Å². The zero-order chi connectivity index (χ0) is 15.5. The number of aliphatic hydroxyl groups excluding tert-OH is 1. The van der Waals surface area contributed by atoms with Crippen LogP contribution in [0.5, 0.6) is 0 Å². The van der Waals surface area contributed by atoms with Crippen molar-refractivity contribution in [2.45, 2.75) is 12.3 Å². The third-order valence-corrected chi connectivity index (χ3v) is 3.45. The lowest BCUT2D eigenvalue weighted by Gasteiger charge is -2.17. The first kappa shape index (κ1) is 15.9. The summed E-state index contributed by atoms with van der Waals surface area (Å²) >= 11 is 3.15. The lowest BCUT2D eigenvalue weighted by molar-refractivity contribution is -0.137. The Balaban J connectivity index is 2.15. The Morgan fingerprint density at radius 3 is 2.38 bits per heavy atom. The van der Waals surface area contributed by atoms with E-state index in [9.17, 15) is 18.3 Å². The second-order valence-corrected chi connectivity index (χ2v) is 5.41. The van der Waals surface area contributed by atoms with E-state index in [1.165, 1.54) is 12.1 Å². The molecule has 0 aromatic heterocycles. The number of hydrogen-bond donors (Lipinski definition) is 2. The second-order valence-electron chi connectivity index (χ2n) is 4.50. The zero-order valence-electron chi connectivity index (χ0n) is 10.9. The maximum atomic E-state index is 12.9. The smallest absolute Gasteiger partial charge is 0.387 e. The van der Waals surface area contributed by atoms with Gasteiger partial charge < -0.3 is 10.4 Å². The van der Waals surface area contributed by atoms with Crippen LogP contribution in [0.3, 0.4) is 0 Å². The van der Waals surface area contributed by atoms with E-state index in [4.69, 9.17) is 0 Å². The third kappa shape index (κ3) is 4.22. The molecular weight excluding hydrogens is 347 g/mol. The fourth-order valence-electron chi connectivity index (χ4n) is 1.91. The highest BCUT2D eigenvalue weighted by Gasteiger charge is 2.33. The number of aliphatic hydroxyl groups is 1. The molecule has 0 amide bonds. The van der Waals surface area contributed by atoms with Crippen LogP contribution >= 0.6 is 15.9 Å². The standard InChI is InChI=1S/C15H13BrF3NO/c16-11-6-7-12(15(17,18)19)13(8-11)20-9-14(21)10-4-2-1-3-5-10/h1-8,14,20-21H,9H2. The van der Waals surface area contributed by atoms with E-state index in [0.29, 0.717) is 10.0 Å². The van der Waals surface area contributed by atoms with Gasteiger partial charge in [-0.15, -0.1) is 0 Å². The summed E-state index contributed by atoms with van der Waals surface area (Å²) in [6, 6.07) is 12.5. The molecular formula is C15H13BrF3NO. The van der Waals surface area contributed by atoms with Crippen LogP contribution in [0.25, 0.3) is 0 Å². The summed E-state index contributed by atoms with van der Waals surface area (Å²) in [6.45, 7) is -0.0104. The van der Waals surface area contributed by atoms with Crippen molar-refractivity contribution in [1.29, 1.82) is 0 Å². The van der Waals surface area contributed by atoms with Crippen LogP contribution in [0.2, 0.25) is 0 Å². The number of hydrogen-bond acceptors (Lipinski definition) is 2. The molecule has 0 bridgehead atoms. The first-order valence-electron chi connectivity index (χ1n) is 6.21. The first-order chi connectivity index (χ1) is 9.88. The molecule has 1 unspecified atom stereocenters. The molecule has 2 nitrogen and oxygen atoms in total. The zero-order valence-corrected chi connectivity index (χ0v) is 12.4. The largest absolute Gasteiger partial charge is 0.418 e. The van der Waals surface area contributed by atoms with Crippen LogP contribution in [-0.2, 0) is 6.18 Å². The van der Waals surface area contributed by atoms with Gasteiger partial charge in [-0.2, -0.15) is 13.2 Å². The van der Waals surface area contributed by atoms with Gasteiger partial charge >= 0.3 is 6.18 Å². The normalized spacial score (nSPS) is 13.0. The molecule has 1 atom stereocenters. The number of halogens is 4. The van der Waals surface area contributed by atoms with E-state index in [1.807, 2.05) is 0 Å². The number of nitrogens with one attached hydrogen (secondary N) is 1. The Morgan fingerprint density at radius 1 is 1.10 bits per heavy atom. The fraction of sp³-hybridized carbons (Fsp3) is 0.200. The van der Waals surface area contributed by atoms with Crippen molar-refractivity contribution in [2.75, 3.05) is 11.9 Å². The molecule has 0 heterocycles. The molecule has 0 saturated carbocycles. The molecule has 0 aliphatic rings. The summed E-state index contributed by atoms with van der Waals surface area (Å²) in [6.07, 6.45) is -5.33. The molecule has 0 fully saturated rings. The maximum Gasteiger partial charge on any atom is 0.418 e. The van der Waals surface area contributed by atoms with Crippen molar-refractivity contribution in [3.63, 3.8) is 0 Å². The molecule has 2 N–H and O–H groups in total. The predicted octanol–water partition coefficient (Wildman–Crippen LogP) is 4.61. The highest BCUT2D eigenvalue weighted by Crippen LogP contribution is 2.36. The molecule has 21 heavy (non-hydrogen) atoms. The van der Waals surface area contributed by atoms with Gasteiger partial charge in [-0.05, 0) is 23.8 Å². The molecule has 2 aromatic carbocycles. The van der Waals surface area contributed by atoms with Crippen molar-refractivity contribution < 1.29 is 18.3 Å². The third-order valence-electron chi connectivity index (χ3n) is 2.96. The molecule has 0 radical (unpaired) electrons. The topological polar surface area (TPSA) is 32.3 Å². The Morgan fingerprint density at radius 2 is 1.76 bits per heavy atom. The average Bonchev–Trinajstić information content (AvgIpc) is 2.44. The SMILES string of the molecule is OC(CNc1cc(Br)ccc1C(F)(F)F)c1ccccc1. The van der Waals surface area contributed by atoms with Crippen LogP contribution in [-0.4, -0.2) is 11.7 Å². The molecule has 0 aliphatic heterocycles. The Bertz CT molecular complexity index is 602. The van der Waals surface area contributed by atoms with Crippen molar-refractivity contribution in [3.05, 3.63) is 64.1 Å². The van der Waals surface area contributed by atoms with Crippen molar-refractivity contribution in [1.82, 2.24) is 0 Å². The van der Waals surface area contributed by atoms with E-state index in [0.717, 1.165) is 6.07 Å². The summed E-state index contributed by atoms with van der Waals surface area (Å²) in [5.74, 6) is 0. The van der Waals surface area contributed by atoms with Crippen molar-refractivity contribution in [3.8, 4) is 0 Å². The Labute approximate surface area is 128 Å². The Kier molecular flexibility index (Phi) is 4.90. The maximum absolute atomic E-state index is 12.9. The van der Waals surface area contributed by atoms with E-state index in [-0.39, 0.29) is 12.2 Å². The Hall–Kier alpha value is -1.53. The molecule has 6 heteroatoms. The van der Waals surface area contributed by atoms with E-state index < -0.39 is 17.8 Å². The number of benzene rings is 2. The highest BCUT2D eigenvalue weighted by atomic mass is 79.9. The van der Waals surface area contributed by atoms with Crippen molar-refractivity contribution in [2.24, 2.45) is 0 Å². The van der Waals surface area contributed by atoms with Gasteiger partial charge in [0.2, 0.25) is 0 Å². The average molecular weight is 360 g/mol. The summed E-state index contributed by atoms with van der Waals surface area (Å²) in [5, 5.41) is 12.6. The van der Waals surface area contributed by atoms with Gasteiger partial charge in [0.15, 0.2) is 0 Å². The van der Waals surface area contributed by atoms with Crippen LogP contribution in [0.1, 0.15) is 17.2 Å². The van der Waals surface area contributed by atoms with E-state index in [2.05, 4.69) is 21.2 Å². The van der Waals surface area contributed by atoms with Gasteiger partial charge in [0.1, 0.15) is 0 Å². The van der Waals surface area contributed by atoms with Crippen LogP contribution in [0.15, 0.2) is 53.0 Å². The van der Waals surface area contributed by atoms with Crippen molar-refractivity contribution >= 4 is 21.6 Å². The van der Waals surface area contributed by atoms with Gasteiger partial charge in [0.25, 0.3) is 0 Å². The number of rotatable bonds is 4. The van der Waals surface area contributed by atoms with Gasteiger partial charge in [-0.1, -0.05) is 46.3 Å². The lowest BCUT2D eigenvalue weighted by Crippen LogP contribution is -2.16. The fourth-order valence-corrected chi connectivity index (χ4v) is 2.27. The first-order valence-corrected chi connectivity index (χ1v) is 7.01. The van der Waals surface area contributed by atoms with Crippen LogP contribution in [0.4, 0.5) is 18.9 Å². The number of anilines is 1. The molecule has 0 aliphatic carbocycles. The van der Waals surface area contributed by atoms with Gasteiger partial charge in [0.05, 0.1) is 11.7 Å². The summed E-state index contributed by atoms with van der Waals surface area (Å²) < 4.78 is 39.3. The molecule has 2 rings (SSSR count). The van der Waals surface area contributed by atoms with Crippen LogP contribution < -0.4 is 5.32 Å². The quantitative estimate of drug-likeness (QED) is 0.835. The molecule has 0 saturated heterocycles. The summed E-state index contributed by atoms with van der Waals surface area (Å²) in [5.41, 5.74) is -0.175. The predicted molar refractivity (Wildman–Crippen MR) is 79.0 cm³/mol. The molecule has 2 aromatic rings. The minimum Gasteiger partial charge on any atom is -0.387 e. The molecule has 0 spiro atoms. The summed E-state index contributed by atoms with van der Waals surface area (Å²) in [4.78, 5) is 0. The summed E-state index contributed by atoms with van der Waals surface area (Å²) in [7, 11) is 0. The minimum absolute atomic E-state index is 0.0104. The van der Waals surface area contributed by atoms with Gasteiger partial charge in [-0.25, -0.2) is 0 Å². The molecule has 112 valence electrons. The monoisotopic (exact) mass is 359 g/mol. The minimum atomic E-state index is -4.44. The van der Waals surface area contributed by atoms with Crippen LogP contribution in [0, 0.1) is 0 Å². The van der Waals surface area contributed by atoms with E-state index in [1.54, 1.807) is 30.3 Å². The lowest BCUT2D eigenvalue weighted by atomic mass is 10.1. The van der Waals surface area contributed by atoms with Gasteiger partial charge in [-0.3, -0.25) is 0 Å². The highest BCUT2D eigenvalue weighted by molar-refractivity contribution is 9.10.